The van der Waals surface area contributed by atoms with E-state index in [4.69, 9.17) is 19.9 Å². The van der Waals surface area contributed by atoms with Crippen LogP contribution in [0.15, 0.2) is 243 Å². The van der Waals surface area contributed by atoms with Crippen molar-refractivity contribution in [2.45, 2.75) is 0 Å². The first-order valence-corrected chi connectivity index (χ1v) is 23.3. The van der Waals surface area contributed by atoms with E-state index in [1.54, 1.807) is 0 Å². The highest BCUT2D eigenvalue weighted by atomic mass is 32.1. The summed E-state index contributed by atoms with van der Waals surface area (Å²) in [4.78, 5) is 20.4. The van der Waals surface area contributed by atoms with E-state index in [-0.39, 0.29) is 0 Å². The predicted molar refractivity (Wildman–Crippen MR) is 279 cm³/mol. The van der Waals surface area contributed by atoms with Crippen LogP contribution in [-0.2, 0) is 0 Å². The summed E-state index contributed by atoms with van der Waals surface area (Å²) in [5.74, 6) is 1.40. The largest absolute Gasteiger partial charge is 0.228 e. The normalized spacial score (nSPS) is 11.3. The molecule has 0 unspecified atom stereocenters. The van der Waals surface area contributed by atoms with Gasteiger partial charge in [0.2, 0.25) is 0 Å². The Morgan fingerprint density at radius 2 is 0.642 bits per heavy atom. The summed E-state index contributed by atoms with van der Waals surface area (Å²) in [7, 11) is 0. The lowest BCUT2D eigenvalue weighted by Gasteiger charge is -2.13. The van der Waals surface area contributed by atoms with Gasteiger partial charge in [-0.25, -0.2) is 19.9 Å². The van der Waals surface area contributed by atoms with Crippen LogP contribution in [0.25, 0.3) is 121 Å². The van der Waals surface area contributed by atoms with Gasteiger partial charge in [0.25, 0.3) is 0 Å². The molecule has 0 atom stereocenters. The van der Waals surface area contributed by atoms with Crippen molar-refractivity contribution in [2.24, 2.45) is 0 Å². The molecule has 0 amide bonds. The van der Waals surface area contributed by atoms with Crippen molar-refractivity contribution < 1.29 is 0 Å². The number of fused-ring (bicyclic) bond motifs is 3. The highest BCUT2D eigenvalue weighted by Crippen LogP contribution is 2.44. The summed E-state index contributed by atoms with van der Waals surface area (Å²) in [6, 6.07) is 85.2. The van der Waals surface area contributed by atoms with Crippen molar-refractivity contribution in [2.75, 3.05) is 0 Å². The first-order valence-electron chi connectivity index (χ1n) is 22.4. The molecule has 0 radical (unpaired) electrons. The first kappa shape index (κ1) is 39.9. The van der Waals surface area contributed by atoms with Gasteiger partial charge in [-0.05, 0) is 69.8 Å². The summed E-state index contributed by atoms with van der Waals surface area (Å²) >= 11 is 1.84. The molecule has 0 saturated heterocycles. The van der Waals surface area contributed by atoms with Gasteiger partial charge in [-0.1, -0.05) is 206 Å². The van der Waals surface area contributed by atoms with E-state index in [0.29, 0.717) is 11.6 Å². The number of hydrogen-bond acceptors (Lipinski definition) is 5. The third-order valence-electron chi connectivity index (χ3n) is 12.3. The monoisotopic (exact) mass is 872 g/mol. The number of nitrogens with zero attached hydrogens (tertiary/aromatic N) is 4. The van der Waals surface area contributed by atoms with E-state index >= 15 is 0 Å². The molecule has 3 heterocycles. The van der Waals surface area contributed by atoms with Crippen molar-refractivity contribution in [1.82, 2.24) is 19.9 Å². The molecule has 0 aliphatic rings. The Balaban J connectivity index is 0.930. The van der Waals surface area contributed by atoms with Crippen LogP contribution >= 0.6 is 11.3 Å². The van der Waals surface area contributed by atoms with Crippen LogP contribution in [0.3, 0.4) is 0 Å². The van der Waals surface area contributed by atoms with E-state index < -0.39 is 0 Å². The Bertz CT molecular complexity index is 3640. The molecule has 5 heteroatoms. The molecule has 67 heavy (non-hydrogen) atoms. The lowest BCUT2D eigenvalue weighted by molar-refractivity contribution is 1.18. The molecule has 12 aromatic rings. The Labute approximate surface area is 393 Å². The number of rotatable bonds is 9. The number of thiophene rings is 1. The molecule has 314 valence electrons. The summed E-state index contributed by atoms with van der Waals surface area (Å²) < 4.78 is 2.52. The quantitative estimate of drug-likeness (QED) is 0.145. The van der Waals surface area contributed by atoms with Crippen molar-refractivity contribution in [3.8, 4) is 101 Å². The smallest absolute Gasteiger partial charge is 0.160 e. The van der Waals surface area contributed by atoms with Crippen LogP contribution in [0.1, 0.15) is 0 Å². The molecule has 0 saturated carbocycles. The zero-order valence-electron chi connectivity index (χ0n) is 36.3. The van der Waals surface area contributed by atoms with Crippen molar-refractivity contribution in [1.29, 1.82) is 0 Å². The van der Waals surface area contributed by atoms with Crippen LogP contribution in [0.5, 0.6) is 0 Å². The first-order chi connectivity index (χ1) is 33.2. The summed E-state index contributed by atoms with van der Waals surface area (Å²) in [5.41, 5.74) is 16.6. The number of hydrogen-bond donors (Lipinski definition) is 0. The number of benzene rings is 9. The summed E-state index contributed by atoms with van der Waals surface area (Å²) in [6.07, 6.45) is 0. The average molecular weight is 873 g/mol. The molecule has 12 rings (SSSR count). The maximum atomic E-state index is 5.17. The van der Waals surface area contributed by atoms with Crippen LogP contribution in [-0.4, -0.2) is 19.9 Å². The second kappa shape index (κ2) is 17.4. The molecule has 3 aromatic heterocycles. The SMILES string of the molecule is c1ccc(-c2cccc(-c3cc(-c4ccc(-c5cc(-c6ccc(-c7cc(-c8ccccc8)nc(-c8ccccc8)n7)cc6)cc6sc7ccccc7c56)cc4)nc(-c4ccccc4)n3)c2)cc1. The van der Waals surface area contributed by atoms with Gasteiger partial charge in [0.05, 0.1) is 22.8 Å². The molecule has 9 aromatic carbocycles. The molecule has 4 nitrogen and oxygen atoms in total. The molecular weight excluding hydrogens is 833 g/mol. The van der Waals surface area contributed by atoms with Crippen molar-refractivity contribution in [3.05, 3.63) is 243 Å². The zero-order valence-corrected chi connectivity index (χ0v) is 37.1. The minimum absolute atomic E-state index is 0.695. The third kappa shape index (κ3) is 7.99. The molecule has 0 aliphatic heterocycles. The molecule has 0 fully saturated rings. The average Bonchev–Trinajstić information content (AvgIpc) is 3.80. The van der Waals surface area contributed by atoms with Gasteiger partial charge in [0.1, 0.15) is 0 Å². The lowest BCUT2D eigenvalue weighted by Crippen LogP contribution is -1.96. The molecular formula is C62H40N4S. The Morgan fingerprint density at radius 3 is 1.21 bits per heavy atom. The van der Waals surface area contributed by atoms with Crippen LogP contribution in [0.2, 0.25) is 0 Å². The minimum atomic E-state index is 0.695. The lowest BCUT2D eigenvalue weighted by atomic mass is 9.93. The van der Waals surface area contributed by atoms with E-state index in [1.165, 1.54) is 31.3 Å². The van der Waals surface area contributed by atoms with Gasteiger partial charge in [0.15, 0.2) is 11.6 Å². The second-order valence-electron chi connectivity index (χ2n) is 16.6. The maximum absolute atomic E-state index is 5.17. The standard InChI is InChI=1S/C62H40N4S/c1-5-16-41(17-6-1)49-24-15-25-50(36-49)57-40-56(65-62(66-57)48-22-11-4-12-23-48)46-34-30-43(31-35-46)53-37-51(38-59-60(53)52-26-13-14-27-58(52)67-59)42-28-32-45(33-29-42)55-39-54(44-18-7-2-8-19-44)63-61(64-55)47-20-9-3-10-21-47/h1-40H. The van der Waals surface area contributed by atoms with Gasteiger partial charge < -0.3 is 0 Å². The highest BCUT2D eigenvalue weighted by molar-refractivity contribution is 7.26. The Morgan fingerprint density at radius 1 is 0.239 bits per heavy atom. The molecule has 0 N–H and O–H groups in total. The summed E-state index contributed by atoms with van der Waals surface area (Å²) in [6.45, 7) is 0. The van der Waals surface area contributed by atoms with E-state index in [9.17, 15) is 0 Å². The van der Waals surface area contributed by atoms with E-state index in [2.05, 4.69) is 182 Å². The maximum Gasteiger partial charge on any atom is 0.160 e. The van der Waals surface area contributed by atoms with Crippen LogP contribution < -0.4 is 0 Å². The minimum Gasteiger partial charge on any atom is -0.228 e. The van der Waals surface area contributed by atoms with E-state index in [0.717, 1.165) is 78.4 Å². The molecule has 0 aliphatic carbocycles. The fraction of sp³-hybridized carbons (Fsp3) is 0. The highest BCUT2D eigenvalue weighted by Gasteiger charge is 2.17. The van der Waals surface area contributed by atoms with Gasteiger partial charge in [-0.3, -0.25) is 0 Å². The molecule has 0 bridgehead atoms. The Kier molecular flexibility index (Phi) is 10.4. The third-order valence-corrected chi connectivity index (χ3v) is 13.5. The van der Waals surface area contributed by atoms with E-state index in [1.807, 2.05) is 72.0 Å². The topological polar surface area (TPSA) is 51.6 Å². The molecule has 0 spiro atoms. The van der Waals surface area contributed by atoms with Crippen LogP contribution in [0, 0.1) is 0 Å². The van der Waals surface area contributed by atoms with Crippen molar-refractivity contribution >= 4 is 31.5 Å². The summed E-state index contributed by atoms with van der Waals surface area (Å²) in [5, 5.41) is 2.53. The van der Waals surface area contributed by atoms with Gasteiger partial charge in [-0.2, -0.15) is 0 Å². The zero-order chi connectivity index (χ0) is 44.5. The Hall–Kier alpha value is -8.64. The van der Waals surface area contributed by atoms with Gasteiger partial charge in [-0.15, -0.1) is 11.3 Å². The fourth-order valence-electron chi connectivity index (χ4n) is 8.92. The van der Waals surface area contributed by atoms with Crippen molar-refractivity contribution in [3.63, 3.8) is 0 Å². The van der Waals surface area contributed by atoms with Gasteiger partial charge >= 0.3 is 0 Å². The van der Waals surface area contributed by atoms with Gasteiger partial charge in [0, 0.05) is 53.6 Å². The fourth-order valence-corrected chi connectivity index (χ4v) is 10.1. The predicted octanol–water partition coefficient (Wildman–Crippen LogP) is 16.6. The second-order valence-corrected chi connectivity index (χ2v) is 17.7. The number of aromatic nitrogens is 4. The van der Waals surface area contributed by atoms with Crippen LogP contribution in [0.4, 0.5) is 0 Å².